The second-order valence-electron chi connectivity index (χ2n) is 15.0. The van der Waals surface area contributed by atoms with Crippen LogP contribution in [0.1, 0.15) is 73.2 Å². The van der Waals surface area contributed by atoms with Gasteiger partial charge in [-0.15, -0.1) is 5.10 Å². The normalized spacial score (nSPS) is 20.8. The zero-order valence-electron chi connectivity index (χ0n) is 33.6. The fourth-order valence-corrected chi connectivity index (χ4v) is 7.10. The Morgan fingerprint density at radius 2 is 1.37 bits per heavy atom. The van der Waals surface area contributed by atoms with Gasteiger partial charge in [0, 0.05) is 50.4 Å². The molecule has 0 spiro atoms. The molecular weight excluding hydrogens is 768 g/mol. The van der Waals surface area contributed by atoms with Crippen molar-refractivity contribution in [3.05, 3.63) is 160 Å². The lowest BCUT2D eigenvalue weighted by Gasteiger charge is -2.41. The van der Waals surface area contributed by atoms with Crippen LogP contribution in [-0.4, -0.2) is 103 Å². The summed E-state index contributed by atoms with van der Waals surface area (Å²) >= 11 is 0. The summed E-state index contributed by atoms with van der Waals surface area (Å²) in [7, 11) is 0. The van der Waals surface area contributed by atoms with E-state index in [-0.39, 0.29) is 28.5 Å². The number of carbonyl (C=O) groups excluding carboxylic acids is 3. The number of piperazine rings is 1. The van der Waals surface area contributed by atoms with Crippen LogP contribution in [0.25, 0.3) is 6.08 Å². The predicted octanol–water partition coefficient (Wildman–Crippen LogP) is 6.79. The van der Waals surface area contributed by atoms with Crippen molar-refractivity contribution in [3.8, 4) is 5.88 Å². The van der Waals surface area contributed by atoms with E-state index in [9.17, 15) is 14.4 Å². The van der Waals surface area contributed by atoms with Gasteiger partial charge >= 0.3 is 17.9 Å². The molecule has 0 saturated carbocycles. The van der Waals surface area contributed by atoms with Crippen molar-refractivity contribution in [2.45, 2.75) is 57.0 Å². The number of hydrogen-bond acceptors (Lipinski definition) is 11. The third-order valence-corrected chi connectivity index (χ3v) is 10.4. The zero-order valence-corrected chi connectivity index (χ0v) is 33.6. The van der Waals surface area contributed by atoms with Crippen molar-refractivity contribution in [1.82, 2.24) is 20.4 Å². The molecule has 2 saturated heterocycles. The number of aromatic amines is 1. The molecule has 0 aliphatic carbocycles. The van der Waals surface area contributed by atoms with Gasteiger partial charge in [0.05, 0.1) is 16.7 Å². The van der Waals surface area contributed by atoms with Gasteiger partial charge in [0.25, 0.3) is 0 Å². The Labute approximate surface area is 348 Å². The molecule has 13 heteroatoms. The SMILES string of the molecule is CC(C)c1[nH]nc(OC2OC(COC(=O)c3ccccc3)C(F)C(OC(=O)c3ccccc3)C2OC(=O)c2ccccc2)c1Cc1ccc(/C=C/CN2CCNCC2)cc1. The molecule has 3 heterocycles. The molecule has 5 unspecified atom stereocenters. The molecular formula is C47H49FN4O8. The molecule has 5 aromatic rings. The van der Waals surface area contributed by atoms with Gasteiger partial charge in [0.2, 0.25) is 18.3 Å². The van der Waals surface area contributed by atoms with Crippen molar-refractivity contribution in [1.29, 1.82) is 0 Å². The summed E-state index contributed by atoms with van der Waals surface area (Å²) < 4.78 is 46.9. The highest BCUT2D eigenvalue weighted by atomic mass is 19.1. The van der Waals surface area contributed by atoms with Gasteiger partial charge in [-0.05, 0) is 53.4 Å². The van der Waals surface area contributed by atoms with Crippen LogP contribution in [0.2, 0.25) is 0 Å². The van der Waals surface area contributed by atoms with Gasteiger partial charge in [-0.2, -0.15) is 0 Å². The van der Waals surface area contributed by atoms with E-state index in [0.717, 1.165) is 49.5 Å². The summed E-state index contributed by atoms with van der Waals surface area (Å²) in [5, 5.41) is 11.0. The number of hydrogen-bond donors (Lipinski definition) is 2. The molecule has 0 amide bonds. The Morgan fingerprint density at radius 1 is 0.800 bits per heavy atom. The lowest BCUT2D eigenvalue weighted by Crippen LogP contribution is -2.61. The van der Waals surface area contributed by atoms with Crippen LogP contribution in [0.15, 0.2) is 121 Å². The van der Waals surface area contributed by atoms with Crippen LogP contribution in [0.4, 0.5) is 4.39 Å². The maximum atomic E-state index is 16.9. The van der Waals surface area contributed by atoms with Gasteiger partial charge in [0.1, 0.15) is 12.7 Å². The average Bonchev–Trinajstić information content (AvgIpc) is 3.68. The van der Waals surface area contributed by atoms with Crippen LogP contribution >= 0.6 is 0 Å². The third-order valence-electron chi connectivity index (χ3n) is 10.4. The molecule has 2 fully saturated rings. The first kappa shape index (κ1) is 42.0. The summed E-state index contributed by atoms with van der Waals surface area (Å²) in [6, 6.07) is 32.6. The number of benzene rings is 4. The Balaban J connectivity index is 1.18. The molecule has 0 bridgehead atoms. The standard InChI is InChI=1S/C47H49FN4O8/c1-31(2)40-37(29-33-22-20-32(21-23-33)13-12-26-52-27-24-49-25-28-52)43(51-50-40)60-47-42(59-46(55)36-18-10-5-11-19-36)41(58-45(54)35-16-8-4-9-17-35)39(48)38(57-47)30-56-44(53)34-14-6-3-7-15-34/h3-23,31,38-39,41-42,47,49H,24-30H2,1-2H3,(H,50,51)/b13-12+. The number of ether oxygens (including phenoxy) is 5. The second-order valence-corrected chi connectivity index (χ2v) is 15.0. The summed E-state index contributed by atoms with van der Waals surface area (Å²) in [6.07, 6.45) is -3.94. The number of rotatable bonds is 15. The monoisotopic (exact) mass is 816 g/mol. The second kappa shape index (κ2) is 20.2. The van der Waals surface area contributed by atoms with Crippen molar-refractivity contribution < 1.29 is 42.5 Å². The predicted molar refractivity (Wildman–Crippen MR) is 222 cm³/mol. The Kier molecular flexibility index (Phi) is 14.1. The number of carbonyl (C=O) groups is 3. The smallest absolute Gasteiger partial charge is 0.338 e. The van der Waals surface area contributed by atoms with E-state index in [4.69, 9.17) is 23.7 Å². The molecule has 60 heavy (non-hydrogen) atoms. The van der Waals surface area contributed by atoms with Crippen LogP contribution in [0, 0.1) is 0 Å². The summed E-state index contributed by atoms with van der Waals surface area (Å²) in [6.45, 7) is 8.37. The van der Waals surface area contributed by atoms with E-state index >= 15 is 4.39 Å². The van der Waals surface area contributed by atoms with Gasteiger partial charge in [0.15, 0.2) is 12.3 Å². The molecule has 2 N–H and O–H groups in total. The van der Waals surface area contributed by atoms with Crippen LogP contribution in [-0.2, 0) is 25.4 Å². The summed E-state index contributed by atoms with van der Waals surface area (Å²) in [4.78, 5) is 42.6. The maximum Gasteiger partial charge on any atom is 0.338 e. The van der Waals surface area contributed by atoms with Crippen LogP contribution in [0.3, 0.4) is 0 Å². The van der Waals surface area contributed by atoms with Crippen molar-refractivity contribution >= 4 is 24.0 Å². The number of H-pyrrole nitrogens is 1. The minimum absolute atomic E-state index is 0.00373. The molecule has 2 aliphatic heterocycles. The number of aromatic nitrogens is 2. The van der Waals surface area contributed by atoms with Crippen molar-refractivity contribution in [2.75, 3.05) is 39.3 Å². The van der Waals surface area contributed by atoms with Gasteiger partial charge in [-0.3, -0.25) is 10.00 Å². The van der Waals surface area contributed by atoms with Gasteiger partial charge < -0.3 is 29.0 Å². The first-order chi connectivity index (χ1) is 29.2. The molecule has 5 atom stereocenters. The number of halogens is 1. The van der Waals surface area contributed by atoms with Gasteiger partial charge in [-0.1, -0.05) is 105 Å². The van der Waals surface area contributed by atoms with Gasteiger partial charge in [-0.25, -0.2) is 18.8 Å². The lowest BCUT2D eigenvalue weighted by atomic mass is 9.98. The van der Waals surface area contributed by atoms with Crippen molar-refractivity contribution in [2.24, 2.45) is 0 Å². The summed E-state index contributed by atoms with van der Waals surface area (Å²) in [5.74, 6) is -2.29. The van der Waals surface area contributed by atoms with Crippen LogP contribution in [0.5, 0.6) is 5.88 Å². The number of esters is 3. The molecule has 1 aromatic heterocycles. The molecule has 12 nitrogen and oxygen atoms in total. The van der Waals surface area contributed by atoms with Crippen LogP contribution < -0.4 is 10.1 Å². The number of nitrogens with one attached hydrogen (secondary N) is 2. The topological polar surface area (TPSA) is 141 Å². The Bertz CT molecular complexity index is 2200. The average molecular weight is 817 g/mol. The van der Waals surface area contributed by atoms with E-state index in [1.165, 1.54) is 12.1 Å². The number of nitrogens with zero attached hydrogens (tertiary/aromatic N) is 2. The van der Waals surface area contributed by atoms with E-state index in [0.29, 0.717) is 12.0 Å². The third kappa shape index (κ3) is 10.7. The molecule has 2 aliphatic rings. The number of alkyl halides is 1. The Hall–Kier alpha value is -6.15. The van der Waals surface area contributed by atoms with E-state index < -0.39 is 55.3 Å². The first-order valence-electron chi connectivity index (χ1n) is 20.2. The quantitative estimate of drug-likeness (QED) is 0.0853. The minimum Gasteiger partial charge on any atom is -0.459 e. The highest BCUT2D eigenvalue weighted by molar-refractivity contribution is 5.90. The molecule has 7 rings (SSSR count). The van der Waals surface area contributed by atoms with E-state index in [1.807, 2.05) is 26.0 Å². The Morgan fingerprint density at radius 3 is 1.95 bits per heavy atom. The molecule has 4 aromatic carbocycles. The highest BCUT2D eigenvalue weighted by Crippen LogP contribution is 2.35. The molecule has 0 radical (unpaired) electrons. The fourth-order valence-electron chi connectivity index (χ4n) is 7.10. The van der Waals surface area contributed by atoms with E-state index in [1.54, 1.807) is 78.9 Å². The largest absolute Gasteiger partial charge is 0.459 e. The summed E-state index contributed by atoms with van der Waals surface area (Å²) in [5.41, 5.74) is 4.10. The minimum atomic E-state index is -2.14. The maximum absolute atomic E-state index is 16.9. The fraction of sp³-hybridized carbons (Fsp3) is 0.319. The van der Waals surface area contributed by atoms with Crippen molar-refractivity contribution in [3.63, 3.8) is 0 Å². The molecule has 312 valence electrons. The highest BCUT2D eigenvalue weighted by Gasteiger charge is 2.53. The first-order valence-corrected chi connectivity index (χ1v) is 20.2. The lowest BCUT2D eigenvalue weighted by molar-refractivity contribution is -0.264. The zero-order chi connectivity index (χ0) is 41.8. The van der Waals surface area contributed by atoms with E-state index in [2.05, 4.69) is 44.7 Å².